The molecule has 1 unspecified atom stereocenters. The fraction of sp³-hybridized carbons (Fsp3) is 0.500. The van der Waals surface area contributed by atoms with E-state index in [0.717, 1.165) is 25.1 Å². The summed E-state index contributed by atoms with van der Waals surface area (Å²) in [6.45, 7) is 8.27. The zero-order valence-electron chi connectivity index (χ0n) is 15.3. The van der Waals surface area contributed by atoms with E-state index >= 15 is 0 Å². The first-order valence-electron chi connectivity index (χ1n) is 8.93. The predicted molar refractivity (Wildman–Crippen MR) is 97.4 cm³/mol. The Kier molecular flexibility index (Phi) is 5.23. The molecule has 1 amide bonds. The monoisotopic (exact) mass is 341 g/mol. The number of carbonyl (C=O) groups is 1. The van der Waals surface area contributed by atoms with Crippen molar-refractivity contribution in [1.29, 1.82) is 0 Å². The van der Waals surface area contributed by atoms with Crippen LogP contribution in [-0.4, -0.2) is 39.6 Å². The van der Waals surface area contributed by atoms with Gasteiger partial charge >= 0.3 is 0 Å². The van der Waals surface area contributed by atoms with Crippen molar-refractivity contribution >= 4 is 5.91 Å². The first-order valence-corrected chi connectivity index (χ1v) is 8.93. The molecule has 2 aromatic heterocycles. The highest BCUT2D eigenvalue weighted by molar-refractivity contribution is 5.94. The maximum Gasteiger partial charge on any atom is 0.255 e. The third-order valence-corrected chi connectivity index (χ3v) is 4.53. The molecule has 25 heavy (non-hydrogen) atoms. The van der Waals surface area contributed by atoms with Crippen molar-refractivity contribution in [2.45, 2.75) is 51.8 Å². The lowest BCUT2D eigenvalue weighted by Crippen LogP contribution is -2.37. The molecule has 1 fully saturated rings. The van der Waals surface area contributed by atoms with Gasteiger partial charge in [0.25, 0.3) is 5.91 Å². The molecule has 3 heterocycles. The SMILES string of the molecule is CC(C)(C)n1ccc(C(=O)N(Cc2ccccn2)CC2CCCO2)c1. The normalized spacial score (nSPS) is 17.6. The standard InChI is InChI=1S/C20H27N3O2/c1-20(2,3)23-11-9-16(13-23)19(24)22(15-18-8-6-12-25-18)14-17-7-4-5-10-21-17/h4-5,7,9-11,13,18H,6,8,12,14-15H2,1-3H3. The number of nitrogens with zero attached hydrogens (tertiary/aromatic N) is 3. The van der Waals surface area contributed by atoms with Crippen LogP contribution in [0.15, 0.2) is 42.9 Å². The molecule has 0 radical (unpaired) electrons. The van der Waals surface area contributed by atoms with Gasteiger partial charge in [-0.1, -0.05) is 6.07 Å². The summed E-state index contributed by atoms with van der Waals surface area (Å²) in [4.78, 5) is 19.3. The Morgan fingerprint density at radius 1 is 1.36 bits per heavy atom. The maximum atomic E-state index is 13.1. The highest BCUT2D eigenvalue weighted by Crippen LogP contribution is 2.19. The van der Waals surface area contributed by atoms with E-state index in [-0.39, 0.29) is 17.6 Å². The summed E-state index contributed by atoms with van der Waals surface area (Å²) >= 11 is 0. The van der Waals surface area contributed by atoms with Gasteiger partial charge in [0.15, 0.2) is 0 Å². The third-order valence-electron chi connectivity index (χ3n) is 4.53. The van der Waals surface area contributed by atoms with Gasteiger partial charge in [0.05, 0.1) is 23.9 Å². The molecule has 0 spiro atoms. The second-order valence-corrected chi connectivity index (χ2v) is 7.62. The minimum Gasteiger partial charge on any atom is -0.376 e. The van der Waals surface area contributed by atoms with Gasteiger partial charge in [-0.05, 0) is 51.8 Å². The molecular weight excluding hydrogens is 314 g/mol. The van der Waals surface area contributed by atoms with Gasteiger partial charge < -0.3 is 14.2 Å². The molecule has 1 aliphatic rings. The molecule has 3 rings (SSSR count). The average Bonchev–Trinajstić information content (AvgIpc) is 3.26. The van der Waals surface area contributed by atoms with Crippen LogP contribution in [0, 0.1) is 0 Å². The number of aromatic nitrogens is 2. The van der Waals surface area contributed by atoms with E-state index in [1.165, 1.54) is 0 Å². The highest BCUT2D eigenvalue weighted by atomic mass is 16.5. The van der Waals surface area contributed by atoms with E-state index in [1.807, 2.05) is 41.6 Å². The maximum absolute atomic E-state index is 13.1. The fourth-order valence-electron chi connectivity index (χ4n) is 3.06. The highest BCUT2D eigenvalue weighted by Gasteiger charge is 2.25. The number of hydrogen-bond acceptors (Lipinski definition) is 3. The predicted octanol–water partition coefficient (Wildman–Crippen LogP) is 3.46. The van der Waals surface area contributed by atoms with Gasteiger partial charge in [-0.15, -0.1) is 0 Å². The molecule has 0 aliphatic carbocycles. The molecule has 5 heteroatoms. The molecule has 134 valence electrons. The number of hydrogen-bond donors (Lipinski definition) is 0. The van der Waals surface area contributed by atoms with Crippen molar-refractivity contribution < 1.29 is 9.53 Å². The summed E-state index contributed by atoms with van der Waals surface area (Å²) in [5.74, 6) is 0.0316. The summed E-state index contributed by atoms with van der Waals surface area (Å²) in [5, 5.41) is 0. The van der Waals surface area contributed by atoms with Crippen LogP contribution in [0.1, 0.15) is 49.7 Å². The third kappa shape index (κ3) is 4.48. The van der Waals surface area contributed by atoms with Gasteiger partial charge in [0.1, 0.15) is 0 Å². The van der Waals surface area contributed by atoms with E-state index in [9.17, 15) is 4.79 Å². The summed E-state index contributed by atoms with van der Waals surface area (Å²) in [7, 11) is 0. The molecule has 0 aromatic carbocycles. The van der Waals surface area contributed by atoms with Crippen LogP contribution in [0.2, 0.25) is 0 Å². The minimum atomic E-state index is -0.0427. The van der Waals surface area contributed by atoms with Crippen molar-refractivity contribution in [2.24, 2.45) is 0 Å². The lowest BCUT2D eigenvalue weighted by atomic mass is 10.1. The van der Waals surface area contributed by atoms with E-state index in [1.54, 1.807) is 6.20 Å². The number of ether oxygens (including phenoxy) is 1. The van der Waals surface area contributed by atoms with Crippen molar-refractivity contribution in [3.8, 4) is 0 Å². The molecule has 0 saturated carbocycles. The smallest absolute Gasteiger partial charge is 0.255 e. The van der Waals surface area contributed by atoms with Crippen LogP contribution < -0.4 is 0 Å². The number of rotatable bonds is 5. The Balaban J connectivity index is 1.79. The van der Waals surface area contributed by atoms with Crippen molar-refractivity contribution in [2.75, 3.05) is 13.2 Å². The van der Waals surface area contributed by atoms with E-state index in [0.29, 0.717) is 18.7 Å². The summed E-state index contributed by atoms with van der Waals surface area (Å²) in [6.07, 6.45) is 7.87. The first kappa shape index (κ1) is 17.7. The lowest BCUT2D eigenvalue weighted by Gasteiger charge is -2.25. The molecule has 5 nitrogen and oxygen atoms in total. The van der Waals surface area contributed by atoms with Crippen LogP contribution >= 0.6 is 0 Å². The van der Waals surface area contributed by atoms with Crippen molar-refractivity contribution in [1.82, 2.24) is 14.5 Å². The van der Waals surface area contributed by atoms with Crippen LogP contribution in [0.25, 0.3) is 0 Å². The summed E-state index contributed by atoms with van der Waals surface area (Å²) in [6, 6.07) is 7.69. The molecule has 2 aromatic rings. The van der Waals surface area contributed by atoms with Crippen LogP contribution in [0.4, 0.5) is 0 Å². The van der Waals surface area contributed by atoms with Gasteiger partial charge in [0, 0.05) is 37.3 Å². The van der Waals surface area contributed by atoms with Gasteiger partial charge in [-0.2, -0.15) is 0 Å². The molecule has 0 bridgehead atoms. The number of carbonyl (C=O) groups excluding carboxylic acids is 1. The van der Waals surface area contributed by atoms with Crippen LogP contribution in [-0.2, 0) is 16.8 Å². The Bertz CT molecular complexity index is 697. The number of amides is 1. The van der Waals surface area contributed by atoms with E-state index in [2.05, 4.69) is 30.3 Å². The zero-order chi connectivity index (χ0) is 17.9. The van der Waals surface area contributed by atoms with Crippen molar-refractivity contribution in [3.05, 3.63) is 54.1 Å². The van der Waals surface area contributed by atoms with E-state index < -0.39 is 0 Å². The number of pyridine rings is 1. The van der Waals surface area contributed by atoms with Gasteiger partial charge in [-0.25, -0.2) is 0 Å². The zero-order valence-corrected chi connectivity index (χ0v) is 15.3. The fourth-order valence-corrected chi connectivity index (χ4v) is 3.06. The molecule has 1 saturated heterocycles. The lowest BCUT2D eigenvalue weighted by molar-refractivity contribution is 0.0504. The summed E-state index contributed by atoms with van der Waals surface area (Å²) < 4.78 is 7.82. The second kappa shape index (κ2) is 7.40. The quantitative estimate of drug-likeness (QED) is 0.837. The van der Waals surface area contributed by atoms with Crippen LogP contribution in [0.5, 0.6) is 0 Å². The minimum absolute atomic E-state index is 0.0316. The topological polar surface area (TPSA) is 47.4 Å². The Morgan fingerprint density at radius 2 is 2.20 bits per heavy atom. The van der Waals surface area contributed by atoms with Crippen LogP contribution in [0.3, 0.4) is 0 Å². The molecule has 1 atom stereocenters. The Hall–Kier alpha value is -2.14. The summed E-state index contributed by atoms with van der Waals surface area (Å²) in [5.41, 5.74) is 1.56. The average molecular weight is 341 g/mol. The molecule has 0 N–H and O–H groups in total. The Morgan fingerprint density at radius 3 is 2.80 bits per heavy atom. The van der Waals surface area contributed by atoms with Gasteiger partial charge in [0.2, 0.25) is 0 Å². The largest absolute Gasteiger partial charge is 0.376 e. The van der Waals surface area contributed by atoms with Crippen molar-refractivity contribution in [3.63, 3.8) is 0 Å². The van der Waals surface area contributed by atoms with E-state index in [4.69, 9.17) is 4.74 Å². The Labute approximate surface area is 149 Å². The first-order chi connectivity index (χ1) is 11.9. The molecule has 1 aliphatic heterocycles. The second-order valence-electron chi connectivity index (χ2n) is 7.62. The van der Waals surface area contributed by atoms with Gasteiger partial charge in [-0.3, -0.25) is 9.78 Å². The molecular formula is C20H27N3O2.